The van der Waals surface area contributed by atoms with Gasteiger partial charge < -0.3 is 9.47 Å². The van der Waals surface area contributed by atoms with Crippen LogP contribution in [-0.2, 0) is 9.53 Å². The fourth-order valence-corrected chi connectivity index (χ4v) is 3.33. The van der Waals surface area contributed by atoms with Crippen LogP contribution in [0, 0.1) is 0 Å². The lowest BCUT2D eigenvalue weighted by molar-refractivity contribution is -0.170. The predicted molar refractivity (Wildman–Crippen MR) is 129 cm³/mol. The molecule has 0 saturated carbocycles. The van der Waals surface area contributed by atoms with Crippen LogP contribution in [-0.4, -0.2) is 29.2 Å². The number of benzene rings is 2. The van der Waals surface area contributed by atoms with E-state index >= 15 is 0 Å². The van der Waals surface area contributed by atoms with Gasteiger partial charge in [0.2, 0.25) is 0 Å². The molecule has 31 heavy (non-hydrogen) atoms. The van der Waals surface area contributed by atoms with Gasteiger partial charge in [0.05, 0.1) is 5.02 Å². The number of ketones is 1. The summed E-state index contributed by atoms with van der Waals surface area (Å²) in [5.41, 5.74) is -0.773. The van der Waals surface area contributed by atoms with E-state index in [1.54, 1.807) is 76.7 Å². The molecule has 2 rings (SSSR count). The Balaban J connectivity index is 2.18. The summed E-state index contributed by atoms with van der Waals surface area (Å²) in [6, 6.07) is 10.6. The molecule has 0 saturated heterocycles. The highest BCUT2D eigenvalue weighted by Gasteiger charge is 2.35. The number of ether oxygens (including phenoxy) is 2. The highest BCUT2D eigenvalue weighted by molar-refractivity contribution is 7.98. The van der Waals surface area contributed by atoms with E-state index in [0.717, 1.165) is 4.90 Å². The fourth-order valence-electron chi connectivity index (χ4n) is 2.49. The van der Waals surface area contributed by atoms with E-state index in [9.17, 15) is 9.59 Å². The number of halogens is 2. The monoisotopic (exact) mass is 480 g/mol. The summed E-state index contributed by atoms with van der Waals surface area (Å²) in [7, 11) is 0. The standard InChI is InChI=1S/C24H26Cl2O4S/c1-23(2,3)30-22(28)24(4,5)29-19-14-10-16(20(25)21(19)26)9-13-18(27)15-7-11-17(31-6)12-8-15/h7-14H,1-6H3/b13-9+. The summed E-state index contributed by atoms with van der Waals surface area (Å²) in [6.45, 7) is 8.54. The Bertz CT molecular complexity index is 990. The Kier molecular flexibility index (Phi) is 8.26. The Morgan fingerprint density at radius 3 is 2.10 bits per heavy atom. The van der Waals surface area contributed by atoms with Crippen LogP contribution in [0.3, 0.4) is 0 Å². The van der Waals surface area contributed by atoms with E-state index in [2.05, 4.69) is 0 Å². The van der Waals surface area contributed by atoms with Crippen molar-refractivity contribution in [3.8, 4) is 5.75 Å². The van der Waals surface area contributed by atoms with Gasteiger partial charge in [-0.2, -0.15) is 0 Å². The minimum Gasteiger partial charge on any atom is -0.475 e. The molecule has 7 heteroatoms. The molecule has 2 aromatic carbocycles. The van der Waals surface area contributed by atoms with Gasteiger partial charge in [0.1, 0.15) is 16.4 Å². The minimum absolute atomic E-state index is 0.147. The fraction of sp³-hybridized carbons (Fsp3) is 0.333. The lowest BCUT2D eigenvalue weighted by Gasteiger charge is -2.29. The Hall–Kier alpha value is -1.95. The van der Waals surface area contributed by atoms with E-state index < -0.39 is 17.2 Å². The summed E-state index contributed by atoms with van der Waals surface area (Å²) in [6.07, 6.45) is 5.02. The maximum atomic E-state index is 12.4. The molecular formula is C24H26Cl2O4S. The molecule has 0 aromatic heterocycles. The van der Waals surface area contributed by atoms with Gasteiger partial charge in [-0.15, -0.1) is 11.8 Å². The molecule has 0 aliphatic rings. The molecule has 0 unspecified atom stereocenters. The maximum Gasteiger partial charge on any atom is 0.350 e. The average Bonchev–Trinajstić information content (AvgIpc) is 2.69. The van der Waals surface area contributed by atoms with Crippen molar-refractivity contribution in [2.75, 3.05) is 6.26 Å². The lowest BCUT2D eigenvalue weighted by atomic mass is 10.1. The van der Waals surface area contributed by atoms with Crippen LogP contribution in [0.5, 0.6) is 5.75 Å². The molecule has 0 aliphatic carbocycles. The second-order valence-corrected chi connectivity index (χ2v) is 9.96. The van der Waals surface area contributed by atoms with Gasteiger partial charge in [0.15, 0.2) is 11.4 Å². The van der Waals surface area contributed by atoms with Crippen molar-refractivity contribution < 1.29 is 19.1 Å². The smallest absolute Gasteiger partial charge is 0.350 e. The number of esters is 1. The summed E-state index contributed by atoms with van der Waals surface area (Å²) < 4.78 is 11.2. The number of allylic oxidation sites excluding steroid dienone is 1. The quantitative estimate of drug-likeness (QED) is 0.183. The number of thioether (sulfide) groups is 1. The third-order valence-corrected chi connectivity index (χ3v) is 5.74. The number of rotatable bonds is 7. The van der Waals surface area contributed by atoms with Crippen molar-refractivity contribution in [1.29, 1.82) is 0 Å². The van der Waals surface area contributed by atoms with E-state index in [1.807, 2.05) is 18.4 Å². The van der Waals surface area contributed by atoms with Crippen molar-refractivity contribution in [2.45, 2.75) is 50.7 Å². The molecule has 0 fully saturated rings. The molecule has 0 amide bonds. The van der Waals surface area contributed by atoms with Crippen LogP contribution in [0.4, 0.5) is 0 Å². The topological polar surface area (TPSA) is 52.6 Å². The molecule has 0 atom stereocenters. The summed E-state index contributed by atoms with van der Waals surface area (Å²) in [4.78, 5) is 25.9. The van der Waals surface area contributed by atoms with E-state index in [4.69, 9.17) is 32.7 Å². The normalized spacial score (nSPS) is 12.1. The average molecular weight is 481 g/mol. The third kappa shape index (κ3) is 7.03. The highest BCUT2D eigenvalue weighted by atomic mass is 35.5. The van der Waals surface area contributed by atoms with Crippen LogP contribution in [0.2, 0.25) is 10.0 Å². The number of carbonyl (C=O) groups is 2. The first-order valence-electron chi connectivity index (χ1n) is 9.61. The van der Waals surface area contributed by atoms with E-state index in [0.29, 0.717) is 11.1 Å². The SMILES string of the molecule is CSc1ccc(C(=O)/C=C/c2ccc(OC(C)(C)C(=O)OC(C)(C)C)c(Cl)c2Cl)cc1. The van der Waals surface area contributed by atoms with Crippen molar-refractivity contribution in [2.24, 2.45) is 0 Å². The number of carbonyl (C=O) groups excluding carboxylic acids is 2. The van der Waals surface area contributed by atoms with E-state index in [1.165, 1.54) is 6.08 Å². The van der Waals surface area contributed by atoms with Crippen molar-refractivity contribution in [3.63, 3.8) is 0 Å². The molecule has 4 nitrogen and oxygen atoms in total. The van der Waals surface area contributed by atoms with Crippen molar-refractivity contribution in [3.05, 3.63) is 63.6 Å². The second kappa shape index (κ2) is 10.1. The zero-order chi connectivity index (χ0) is 23.4. The summed E-state index contributed by atoms with van der Waals surface area (Å²) >= 11 is 14.4. The molecule has 0 heterocycles. The first kappa shape index (κ1) is 25.3. The Morgan fingerprint density at radius 2 is 1.55 bits per heavy atom. The Labute approximate surface area is 197 Å². The van der Waals surface area contributed by atoms with Gasteiger partial charge in [-0.05, 0) is 95.0 Å². The van der Waals surface area contributed by atoms with Crippen molar-refractivity contribution in [1.82, 2.24) is 0 Å². The van der Waals surface area contributed by atoms with Crippen LogP contribution in [0.25, 0.3) is 6.08 Å². The maximum absolute atomic E-state index is 12.4. The number of hydrogen-bond acceptors (Lipinski definition) is 5. The molecule has 0 N–H and O–H groups in total. The van der Waals surface area contributed by atoms with Gasteiger partial charge in [-0.25, -0.2) is 4.79 Å². The minimum atomic E-state index is -1.27. The molecule has 0 bridgehead atoms. The lowest BCUT2D eigenvalue weighted by Crippen LogP contribution is -2.43. The molecule has 0 spiro atoms. The highest BCUT2D eigenvalue weighted by Crippen LogP contribution is 2.37. The van der Waals surface area contributed by atoms with Crippen LogP contribution in [0.15, 0.2) is 47.4 Å². The van der Waals surface area contributed by atoms with Gasteiger partial charge in [-0.1, -0.05) is 23.2 Å². The molecule has 166 valence electrons. The summed E-state index contributed by atoms with van der Waals surface area (Å²) in [5, 5.41) is 0.373. The zero-order valence-corrected chi connectivity index (χ0v) is 20.7. The molecule has 0 radical (unpaired) electrons. The summed E-state index contributed by atoms with van der Waals surface area (Å²) in [5.74, 6) is -0.417. The van der Waals surface area contributed by atoms with E-state index in [-0.39, 0.29) is 21.6 Å². The Morgan fingerprint density at radius 1 is 0.935 bits per heavy atom. The van der Waals surface area contributed by atoms with Crippen LogP contribution < -0.4 is 4.74 Å². The van der Waals surface area contributed by atoms with Gasteiger partial charge in [-0.3, -0.25) is 4.79 Å². The van der Waals surface area contributed by atoms with Crippen LogP contribution in [0.1, 0.15) is 50.5 Å². The third-order valence-electron chi connectivity index (χ3n) is 4.12. The molecule has 0 aliphatic heterocycles. The molecule has 2 aromatic rings. The van der Waals surface area contributed by atoms with Crippen molar-refractivity contribution >= 4 is 52.8 Å². The molecular weight excluding hydrogens is 455 g/mol. The first-order valence-corrected chi connectivity index (χ1v) is 11.6. The van der Waals surface area contributed by atoms with Gasteiger partial charge in [0, 0.05) is 10.5 Å². The number of hydrogen-bond donors (Lipinski definition) is 0. The van der Waals surface area contributed by atoms with Crippen LogP contribution >= 0.6 is 35.0 Å². The second-order valence-electron chi connectivity index (χ2n) is 8.32. The zero-order valence-electron chi connectivity index (χ0n) is 18.4. The first-order chi connectivity index (χ1) is 14.3. The predicted octanol–water partition coefficient (Wildman–Crippen LogP) is 7.11. The largest absolute Gasteiger partial charge is 0.475 e. The van der Waals surface area contributed by atoms with Gasteiger partial charge in [0.25, 0.3) is 0 Å². The van der Waals surface area contributed by atoms with Gasteiger partial charge >= 0.3 is 5.97 Å².